The molecular weight excluding hydrogens is 269 g/mol. The van der Waals surface area contributed by atoms with E-state index < -0.39 is 0 Å². The quantitative estimate of drug-likeness (QED) is 0.939. The SMILES string of the molecule is COCc1ccccc1C1CC(N)c2ccc(F)cc2O1. The van der Waals surface area contributed by atoms with Crippen molar-refractivity contribution in [3.05, 3.63) is 65.0 Å². The van der Waals surface area contributed by atoms with E-state index in [9.17, 15) is 4.39 Å². The van der Waals surface area contributed by atoms with E-state index >= 15 is 0 Å². The Bertz CT molecular complexity index is 644. The van der Waals surface area contributed by atoms with Crippen LogP contribution in [0.2, 0.25) is 0 Å². The molecule has 0 aliphatic carbocycles. The zero-order chi connectivity index (χ0) is 14.8. The zero-order valence-electron chi connectivity index (χ0n) is 11.9. The normalized spacial score (nSPS) is 20.7. The van der Waals surface area contributed by atoms with E-state index in [1.165, 1.54) is 12.1 Å². The van der Waals surface area contributed by atoms with Gasteiger partial charge in [-0.15, -0.1) is 0 Å². The standard InChI is InChI=1S/C17H18FNO2/c1-20-10-11-4-2-3-5-13(11)17-9-15(19)14-7-6-12(18)8-16(14)21-17/h2-8,15,17H,9-10,19H2,1H3. The van der Waals surface area contributed by atoms with Gasteiger partial charge in [-0.2, -0.15) is 0 Å². The van der Waals surface area contributed by atoms with E-state index in [0.717, 1.165) is 16.7 Å². The third-order valence-electron chi connectivity index (χ3n) is 3.81. The summed E-state index contributed by atoms with van der Waals surface area (Å²) in [5, 5.41) is 0. The lowest BCUT2D eigenvalue weighted by Gasteiger charge is -2.31. The highest BCUT2D eigenvalue weighted by molar-refractivity contribution is 5.40. The van der Waals surface area contributed by atoms with Crippen molar-refractivity contribution >= 4 is 0 Å². The number of nitrogens with two attached hydrogens (primary N) is 1. The summed E-state index contributed by atoms with van der Waals surface area (Å²) in [7, 11) is 1.66. The van der Waals surface area contributed by atoms with Crippen LogP contribution in [0, 0.1) is 5.82 Å². The fourth-order valence-electron chi connectivity index (χ4n) is 2.80. The maximum absolute atomic E-state index is 13.4. The van der Waals surface area contributed by atoms with E-state index in [0.29, 0.717) is 18.8 Å². The Balaban J connectivity index is 1.95. The summed E-state index contributed by atoms with van der Waals surface area (Å²) in [6.45, 7) is 0.515. The van der Waals surface area contributed by atoms with Crippen molar-refractivity contribution in [1.82, 2.24) is 0 Å². The number of hydrogen-bond acceptors (Lipinski definition) is 3. The second-order valence-electron chi connectivity index (χ2n) is 5.26. The third-order valence-corrected chi connectivity index (χ3v) is 3.81. The molecule has 1 aliphatic heterocycles. The highest BCUT2D eigenvalue weighted by Crippen LogP contribution is 2.40. The summed E-state index contributed by atoms with van der Waals surface area (Å²) in [4.78, 5) is 0. The van der Waals surface area contributed by atoms with Gasteiger partial charge >= 0.3 is 0 Å². The van der Waals surface area contributed by atoms with Crippen molar-refractivity contribution < 1.29 is 13.9 Å². The number of fused-ring (bicyclic) bond motifs is 1. The minimum Gasteiger partial charge on any atom is -0.485 e. The van der Waals surface area contributed by atoms with Crippen LogP contribution in [0.15, 0.2) is 42.5 Å². The van der Waals surface area contributed by atoms with Gasteiger partial charge in [-0.3, -0.25) is 0 Å². The molecule has 2 N–H and O–H groups in total. The van der Waals surface area contributed by atoms with E-state index in [2.05, 4.69) is 0 Å². The second-order valence-corrected chi connectivity index (χ2v) is 5.26. The minimum atomic E-state index is -0.313. The number of methoxy groups -OCH3 is 1. The molecule has 2 atom stereocenters. The summed E-state index contributed by atoms with van der Waals surface area (Å²) in [5.41, 5.74) is 9.19. The molecule has 2 aromatic carbocycles. The van der Waals surface area contributed by atoms with E-state index in [-0.39, 0.29) is 18.0 Å². The number of halogens is 1. The molecule has 0 aromatic heterocycles. The average molecular weight is 287 g/mol. The van der Waals surface area contributed by atoms with Gasteiger partial charge in [0.2, 0.25) is 0 Å². The molecular formula is C17H18FNO2. The molecule has 0 amide bonds. The van der Waals surface area contributed by atoms with E-state index in [1.807, 2.05) is 24.3 Å². The number of ether oxygens (including phenoxy) is 2. The first-order valence-corrected chi connectivity index (χ1v) is 6.97. The number of benzene rings is 2. The Labute approximate surface area is 123 Å². The molecule has 4 heteroatoms. The summed E-state index contributed by atoms with van der Waals surface area (Å²) in [5.74, 6) is 0.220. The summed E-state index contributed by atoms with van der Waals surface area (Å²) in [6.07, 6.45) is 0.486. The maximum Gasteiger partial charge on any atom is 0.127 e. The first kappa shape index (κ1) is 14.0. The molecule has 3 nitrogen and oxygen atoms in total. The largest absolute Gasteiger partial charge is 0.485 e. The molecule has 0 saturated heterocycles. The first-order chi connectivity index (χ1) is 10.2. The van der Waals surface area contributed by atoms with Crippen LogP contribution in [0.5, 0.6) is 5.75 Å². The van der Waals surface area contributed by atoms with Crippen LogP contribution >= 0.6 is 0 Å². The molecule has 0 radical (unpaired) electrons. The van der Waals surface area contributed by atoms with Gasteiger partial charge in [-0.1, -0.05) is 30.3 Å². The molecule has 3 rings (SSSR count). The lowest BCUT2D eigenvalue weighted by molar-refractivity contribution is 0.150. The van der Waals surface area contributed by atoms with Crippen LogP contribution in [-0.2, 0) is 11.3 Å². The highest BCUT2D eigenvalue weighted by Gasteiger charge is 2.28. The van der Waals surface area contributed by atoms with Gasteiger partial charge in [0.05, 0.1) is 6.61 Å². The number of hydrogen-bond donors (Lipinski definition) is 1. The lowest BCUT2D eigenvalue weighted by atomic mass is 9.91. The highest BCUT2D eigenvalue weighted by atomic mass is 19.1. The Morgan fingerprint density at radius 3 is 2.86 bits per heavy atom. The van der Waals surface area contributed by atoms with Crippen LogP contribution in [0.1, 0.15) is 35.3 Å². The Hall–Kier alpha value is -1.91. The molecule has 0 fully saturated rings. The van der Waals surface area contributed by atoms with Gasteiger partial charge in [-0.05, 0) is 17.2 Å². The van der Waals surface area contributed by atoms with Gasteiger partial charge in [0.1, 0.15) is 17.7 Å². The summed E-state index contributed by atoms with van der Waals surface area (Å²) < 4.78 is 24.6. The molecule has 1 aliphatic rings. The lowest BCUT2D eigenvalue weighted by Crippen LogP contribution is -2.25. The Morgan fingerprint density at radius 1 is 1.24 bits per heavy atom. The van der Waals surface area contributed by atoms with Crippen LogP contribution in [-0.4, -0.2) is 7.11 Å². The molecule has 1 heterocycles. The summed E-state index contributed by atoms with van der Waals surface area (Å²) in [6, 6.07) is 12.3. The van der Waals surface area contributed by atoms with Crippen LogP contribution < -0.4 is 10.5 Å². The molecule has 2 aromatic rings. The van der Waals surface area contributed by atoms with Crippen molar-refractivity contribution in [2.75, 3.05) is 7.11 Å². The maximum atomic E-state index is 13.4. The van der Waals surface area contributed by atoms with Crippen molar-refractivity contribution in [3.63, 3.8) is 0 Å². The molecule has 110 valence electrons. The monoisotopic (exact) mass is 287 g/mol. The van der Waals surface area contributed by atoms with Gasteiger partial charge in [0.25, 0.3) is 0 Å². The molecule has 21 heavy (non-hydrogen) atoms. The van der Waals surface area contributed by atoms with Crippen molar-refractivity contribution in [1.29, 1.82) is 0 Å². The molecule has 2 unspecified atom stereocenters. The average Bonchev–Trinajstić information content (AvgIpc) is 2.47. The number of rotatable bonds is 3. The van der Waals surface area contributed by atoms with Crippen molar-refractivity contribution in [2.45, 2.75) is 25.2 Å². The molecule has 0 bridgehead atoms. The fraction of sp³-hybridized carbons (Fsp3) is 0.294. The van der Waals surface area contributed by atoms with Gasteiger partial charge in [0.15, 0.2) is 0 Å². The summed E-state index contributed by atoms with van der Waals surface area (Å²) >= 11 is 0. The predicted octanol–water partition coefficient (Wildman–Crippen LogP) is 3.50. The predicted molar refractivity (Wildman–Crippen MR) is 78.5 cm³/mol. The van der Waals surface area contributed by atoms with Crippen molar-refractivity contribution in [2.24, 2.45) is 5.73 Å². The Kier molecular flexibility index (Phi) is 3.90. The molecule has 0 spiro atoms. The van der Waals surface area contributed by atoms with Gasteiger partial charge in [-0.25, -0.2) is 4.39 Å². The third kappa shape index (κ3) is 2.77. The van der Waals surface area contributed by atoms with Crippen molar-refractivity contribution in [3.8, 4) is 5.75 Å². The topological polar surface area (TPSA) is 44.5 Å². The Morgan fingerprint density at radius 2 is 2.05 bits per heavy atom. The van der Waals surface area contributed by atoms with Crippen LogP contribution in [0.3, 0.4) is 0 Å². The first-order valence-electron chi connectivity index (χ1n) is 6.97. The van der Waals surface area contributed by atoms with Gasteiger partial charge in [0, 0.05) is 31.2 Å². The smallest absolute Gasteiger partial charge is 0.127 e. The second kappa shape index (κ2) is 5.84. The van der Waals surface area contributed by atoms with Crippen LogP contribution in [0.4, 0.5) is 4.39 Å². The van der Waals surface area contributed by atoms with E-state index in [4.69, 9.17) is 15.2 Å². The fourth-order valence-corrected chi connectivity index (χ4v) is 2.80. The zero-order valence-corrected chi connectivity index (χ0v) is 11.9. The minimum absolute atomic E-state index is 0.157. The van der Waals surface area contributed by atoms with Crippen LogP contribution in [0.25, 0.3) is 0 Å². The van der Waals surface area contributed by atoms with E-state index in [1.54, 1.807) is 13.2 Å². The molecule has 0 saturated carbocycles. The van der Waals surface area contributed by atoms with Gasteiger partial charge < -0.3 is 15.2 Å².